The molecule has 0 fully saturated rings. The van der Waals surface area contributed by atoms with Gasteiger partial charge in [-0.2, -0.15) is 4.98 Å². The number of pyridine rings is 1. The van der Waals surface area contributed by atoms with Crippen LogP contribution in [0.5, 0.6) is 0 Å². The second-order valence-electron chi connectivity index (χ2n) is 6.15. The molecule has 2 heterocycles. The third kappa shape index (κ3) is 4.74. The SMILES string of the molecule is CCCC[C@](C)(CNC(C)O)Nc1nc(N)nc2cccnc12. The Bertz CT molecular complexity index is 648. The number of fused-ring (bicyclic) bond motifs is 1. The summed E-state index contributed by atoms with van der Waals surface area (Å²) in [5, 5.41) is 16.1. The number of nitrogens with zero attached hydrogens (tertiary/aromatic N) is 3. The van der Waals surface area contributed by atoms with Crippen LogP contribution in [0.2, 0.25) is 0 Å². The van der Waals surface area contributed by atoms with Crippen molar-refractivity contribution in [3.8, 4) is 0 Å². The molecule has 0 radical (unpaired) electrons. The summed E-state index contributed by atoms with van der Waals surface area (Å²) in [5.41, 5.74) is 6.95. The molecule has 0 bridgehead atoms. The van der Waals surface area contributed by atoms with E-state index < -0.39 is 6.23 Å². The highest BCUT2D eigenvalue weighted by Crippen LogP contribution is 2.24. The molecule has 126 valence electrons. The molecule has 0 saturated heterocycles. The Hall–Kier alpha value is -1.99. The van der Waals surface area contributed by atoms with Crippen molar-refractivity contribution in [3.63, 3.8) is 0 Å². The van der Waals surface area contributed by atoms with E-state index in [4.69, 9.17) is 5.73 Å². The molecular formula is C16H26N6O. The predicted molar refractivity (Wildman–Crippen MR) is 93.0 cm³/mol. The minimum atomic E-state index is -0.567. The fraction of sp³-hybridized carbons (Fsp3) is 0.562. The number of rotatable bonds is 8. The zero-order chi connectivity index (χ0) is 16.9. The summed E-state index contributed by atoms with van der Waals surface area (Å²) in [5.74, 6) is 0.841. The van der Waals surface area contributed by atoms with Crippen molar-refractivity contribution in [1.29, 1.82) is 0 Å². The Kier molecular flexibility index (Phi) is 5.68. The van der Waals surface area contributed by atoms with Crippen LogP contribution in [-0.4, -0.2) is 38.4 Å². The summed E-state index contributed by atoms with van der Waals surface area (Å²) in [6.07, 6.45) is 4.24. The Morgan fingerprint density at radius 1 is 1.39 bits per heavy atom. The van der Waals surface area contributed by atoms with E-state index >= 15 is 0 Å². The number of aliphatic hydroxyl groups excluding tert-OH is 1. The van der Waals surface area contributed by atoms with Gasteiger partial charge in [0.2, 0.25) is 5.95 Å². The van der Waals surface area contributed by atoms with Gasteiger partial charge in [0.15, 0.2) is 5.82 Å². The van der Waals surface area contributed by atoms with Gasteiger partial charge in [0, 0.05) is 18.3 Å². The third-order valence-electron chi connectivity index (χ3n) is 3.76. The molecule has 2 aromatic heterocycles. The third-order valence-corrected chi connectivity index (χ3v) is 3.76. The highest BCUT2D eigenvalue weighted by Gasteiger charge is 2.25. The molecule has 5 N–H and O–H groups in total. The fourth-order valence-electron chi connectivity index (χ4n) is 2.49. The van der Waals surface area contributed by atoms with Crippen molar-refractivity contribution >= 4 is 22.8 Å². The molecule has 0 spiro atoms. The second-order valence-corrected chi connectivity index (χ2v) is 6.15. The normalized spacial score (nSPS) is 15.3. The summed E-state index contributed by atoms with van der Waals surface area (Å²) in [6.45, 7) is 6.57. The van der Waals surface area contributed by atoms with Gasteiger partial charge in [-0.1, -0.05) is 19.8 Å². The molecule has 0 aliphatic rings. The highest BCUT2D eigenvalue weighted by molar-refractivity contribution is 5.86. The summed E-state index contributed by atoms with van der Waals surface area (Å²) in [4.78, 5) is 12.9. The smallest absolute Gasteiger partial charge is 0.222 e. The van der Waals surface area contributed by atoms with E-state index in [9.17, 15) is 5.11 Å². The fourth-order valence-corrected chi connectivity index (χ4v) is 2.49. The van der Waals surface area contributed by atoms with Gasteiger partial charge in [0.05, 0.1) is 5.52 Å². The van der Waals surface area contributed by atoms with Crippen LogP contribution in [0.25, 0.3) is 11.0 Å². The summed E-state index contributed by atoms with van der Waals surface area (Å²) >= 11 is 0. The summed E-state index contributed by atoms with van der Waals surface area (Å²) in [6, 6.07) is 3.69. The van der Waals surface area contributed by atoms with Crippen LogP contribution >= 0.6 is 0 Å². The Morgan fingerprint density at radius 2 is 2.17 bits per heavy atom. The van der Waals surface area contributed by atoms with E-state index in [-0.39, 0.29) is 11.5 Å². The second kappa shape index (κ2) is 7.52. The summed E-state index contributed by atoms with van der Waals surface area (Å²) < 4.78 is 0. The molecular weight excluding hydrogens is 292 g/mol. The van der Waals surface area contributed by atoms with Crippen molar-refractivity contribution in [2.45, 2.75) is 51.8 Å². The minimum absolute atomic E-state index is 0.217. The lowest BCUT2D eigenvalue weighted by atomic mass is 9.94. The first-order valence-corrected chi connectivity index (χ1v) is 8.01. The molecule has 7 nitrogen and oxygen atoms in total. The number of aliphatic hydroxyl groups is 1. The van der Waals surface area contributed by atoms with Crippen molar-refractivity contribution in [2.75, 3.05) is 17.6 Å². The number of hydrogen-bond donors (Lipinski definition) is 4. The molecule has 0 saturated carbocycles. The number of nitrogens with one attached hydrogen (secondary N) is 2. The first kappa shape index (κ1) is 17.4. The van der Waals surface area contributed by atoms with Gasteiger partial charge in [-0.15, -0.1) is 0 Å². The average Bonchev–Trinajstić information content (AvgIpc) is 2.51. The standard InChI is InChI=1S/C16H26N6O/c1-4-5-8-16(3,10-19-11(2)23)22-14-13-12(7-6-9-18-13)20-15(17)21-14/h6-7,9,11,19,23H,4-5,8,10H2,1-3H3,(H3,17,20,21,22)/t11?,16-/m1/s1. The van der Waals surface area contributed by atoms with Crippen LogP contribution in [-0.2, 0) is 0 Å². The number of nitrogens with two attached hydrogens (primary N) is 1. The molecule has 2 aromatic rings. The average molecular weight is 318 g/mol. The van der Waals surface area contributed by atoms with Crippen LogP contribution in [0.15, 0.2) is 18.3 Å². The van der Waals surface area contributed by atoms with E-state index in [0.29, 0.717) is 23.4 Å². The van der Waals surface area contributed by atoms with Crippen LogP contribution in [0.3, 0.4) is 0 Å². The predicted octanol–water partition coefficient (Wildman–Crippen LogP) is 1.90. The number of hydrogen-bond acceptors (Lipinski definition) is 7. The monoisotopic (exact) mass is 318 g/mol. The Labute approximate surface area is 136 Å². The molecule has 0 aliphatic carbocycles. The van der Waals surface area contributed by atoms with E-state index in [1.165, 1.54) is 0 Å². The molecule has 1 unspecified atom stereocenters. The van der Waals surface area contributed by atoms with Crippen molar-refractivity contribution in [2.24, 2.45) is 0 Å². The van der Waals surface area contributed by atoms with Gasteiger partial charge in [-0.25, -0.2) is 4.98 Å². The largest absolute Gasteiger partial charge is 0.379 e. The van der Waals surface area contributed by atoms with Gasteiger partial charge in [0.25, 0.3) is 0 Å². The summed E-state index contributed by atoms with van der Waals surface area (Å²) in [7, 11) is 0. The topological polar surface area (TPSA) is 109 Å². The van der Waals surface area contributed by atoms with Crippen molar-refractivity contribution in [3.05, 3.63) is 18.3 Å². The minimum Gasteiger partial charge on any atom is -0.379 e. The number of anilines is 2. The molecule has 0 aliphatic heterocycles. The number of nitrogen functional groups attached to an aromatic ring is 1. The lowest BCUT2D eigenvalue weighted by molar-refractivity contribution is 0.148. The van der Waals surface area contributed by atoms with Crippen molar-refractivity contribution in [1.82, 2.24) is 20.3 Å². The number of unbranched alkanes of at least 4 members (excludes halogenated alkanes) is 1. The molecule has 0 aromatic carbocycles. The van der Waals surface area contributed by atoms with Crippen LogP contribution in [0, 0.1) is 0 Å². The Balaban J connectivity index is 2.31. The highest BCUT2D eigenvalue weighted by atomic mass is 16.3. The van der Waals surface area contributed by atoms with E-state index in [1.807, 2.05) is 12.1 Å². The van der Waals surface area contributed by atoms with Gasteiger partial charge >= 0.3 is 0 Å². The maximum Gasteiger partial charge on any atom is 0.222 e. The Morgan fingerprint density at radius 3 is 2.87 bits per heavy atom. The van der Waals surface area contributed by atoms with Gasteiger partial charge in [-0.3, -0.25) is 10.3 Å². The van der Waals surface area contributed by atoms with Crippen LogP contribution in [0.4, 0.5) is 11.8 Å². The molecule has 7 heteroatoms. The van der Waals surface area contributed by atoms with Gasteiger partial charge in [0.1, 0.15) is 11.7 Å². The van der Waals surface area contributed by atoms with E-state index in [1.54, 1.807) is 13.1 Å². The quantitative estimate of drug-likeness (QED) is 0.550. The van der Waals surface area contributed by atoms with Crippen LogP contribution in [0.1, 0.15) is 40.0 Å². The maximum atomic E-state index is 9.53. The van der Waals surface area contributed by atoms with E-state index in [2.05, 4.69) is 39.4 Å². The van der Waals surface area contributed by atoms with E-state index in [0.717, 1.165) is 19.3 Å². The first-order valence-electron chi connectivity index (χ1n) is 8.01. The zero-order valence-electron chi connectivity index (χ0n) is 14.0. The lowest BCUT2D eigenvalue weighted by Crippen LogP contribution is -2.47. The molecule has 23 heavy (non-hydrogen) atoms. The van der Waals surface area contributed by atoms with Crippen LogP contribution < -0.4 is 16.4 Å². The molecule has 2 atom stereocenters. The molecule has 0 amide bonds. The zero-order valence-corrected chi connectivity index (χ0v) is 14.0. The van der Waals surface area contributed by atoms with Gasteiger partial charge in [-0.05, 0) is 32.4 Å². The lowest BCUT2D eigenvalue weighted by Gasteiger charge is -2.32. The van der Waals surface area contributed by atoms with Gasteiger partial charge < -0.3 is 16.2 Å². The van der Waals surface area contributed by atoms with Crippen molar-refractivity contribution < 1.29 is 5.11 Å². The molecule has 2 rings (SSSR count). The number of aromatic nitrogens is 3. The maximum absolute atomic E-state index is 9.53. The first-order chi connectivity index (χ1) is 10.9.